The van der Waals surface area contributed by atoms with Crippen LogP contribution in [-0.4, -0.2) is 30.5 Å². The molecule has 0 spiro atoms. The fraction of sp³-hybridized carbons (Fsp3) is 0.310. The Morgan fingerprint density at radius 3 is 2.35 bits per heavy atom. The number of hydrogen-bond acceptors (Lipinski definition) is 4. The molecule has 0 aromatic heterocycles. The number of ketones is 1. The Kier molecular flexibility index (Phi) is 9.41. The van der Waals surface area contributed by atoms with Crippen molar-refractivity contribution in [2.45, 2.75) is 45.4 Å². The first-order chi connectivity index (χ1) is 16.5. The molecule has 0 fully saturated rings. The molecule has 3 aromatic rings. The van der Waals surface area contributed by atoms with Gasteiger partial charge in [0.2, 0.25) is 0 Å². The summed E-state index contributed by atoms with van der Waals surface area (Å²) in [6.07, 6.45) is 4.90. The maximum absolute atomic E-state index is 12.5. The van der Waals surface area contributed by atoms with Gasteiger partial charge in [-0.2, -0.15) is 0 Å². The van der Waals surface area contributed by atoms with Gasteiger partial charge in [-0.3, -0.25) is 9.59 Å². The van der Waals surface area contributed by atoms with Crippen molar-refractivity contribution in [3.63, 3.8) is 0 Å². The van der Waals surface area contributed by atoms with E-state index >= 15 is 0 Å². The minimum atomic E-state index is -0.184. The minimum Gasteiger partial charge on any atom is -0.497 e. The van der Waals surface area contributed by atoms with E-state index in [2.05, 4.69) is 5.32 Å². The lowest BCUT2D eigenvalue weighted by Crippen LogP contribution is -2.11. The molecule has 0 bridgehead atoms. The molecule has 0 heterocycles. The number of benzene rings is 3. The number of Topliss-reactive ketones (excluding diaryl/α,β-unsaturated/α-hetero) is 1. The predicted octanol–water partition coefficient (Wildman–Crippen LogP) is 5.97. The lowest BCUT2D eigenvalue weighted by Gasteiger charge is -2.10. The molecule has 2 N–H and O–H groups in total. The van der Waals surface area contributed by atoms with Gasteiger partial charge in [0.25, 0.3) is 5.91 Å². The molecule has 1 amide bonds. The SMILES string of the molecule is COc1cccc(C(=O)Nc2ccc(Cc3ccc(C(=O)CCCCCCO)cc3C)cc2)c1. The van der Waals surface area contributed by atoms with Gasteiger partial charge in [-0.1, -0.05) is 43.2 Å². The quantitative estimate of drug-likeness (QED) is 0.258. The fourth-order valence-corrected chi connectivity index (χ4v) is 3.86. The molecule has 0 unspecified atom stereocenters. The van der Waals surface area contributed by atoms with Crippen molar-refractivity contribution < 1.29 is 19.4 Å². The van der Waals surface area contributed by atoms with Gasteiger partial charge in [-0.05, 0) is 79.3 Å². The fourth-order valence-electron chi connectivity index (χ4n) is 3.86. The van der Waals surface area contributed by atoms with Crippen molar-refractivity contribution >= 4 is 17.4 Å². The van der Waals surface area contributed by atoms with Crippen LogP contribution >= 0.6 is 0 Å². The molecule has 0 radical (unpaired) electrons. The molecule has 0 saturated carbocycles. The van der Waals surface area contributed by atoms with E-state index in [1.807, 2.05) is 49.4 Å². The van der Waals surface area contributed by atoms with E-state index in [4.69, 9.17) is 9.84 Å². The average Bonchev–Trinajstić information content (AvgIpc) is 2.86. The topological polar surface area (TPSA) is 75.6 Å². The van der Waals surface area contributed by atoms with Crippen LogP contribution in [0.15, 0.2) is 66.7 Å². The number of aliphatic hydroxyl groups is 1. The number of ether oxygens (including phenoxy) is 1. The highest BCUT2D eigenvalue weighted by molar-refractivity contribution is 6.04. The normalized spacial score (nSPS) is 10.7. The molecule has 178 valence electrons. The molecule has 3 aromatic carbocycles. The molecule has 0 atom stereocenters. The summed E-state index contributed by atoms with van der Waals surface area (Å²) in [5.74, 6) is 0.634. The Morgan fingerprint density at radius 2 is 1.65 bits per heavy atom. The van der Waals surface area contributed by atoms with Crippen LogP contribution in [0.5, 0.6) is 5.75 Å². The average molecular weight is 460 g/mol. The Balaban J connectivity index is 1.56. The van der Waals surface area contributed by atoms with Crippen LogP contribution in [0, 0.1) is 6.92 Å². The Hall–Kier alpha value is -3.44. The van der Waals surface area contributed by atoms with Crippen molar-refractivity contribution in [1.82, 2.24) is 0 Å². The zero-order valence-electron chi connectivity index (χ0n) is 20.0. The molecule has 34 heavy (non-hydrogen) atoms. The van der Waals surface area contributed by atoms with Gasteiger partial charge in [0.1, 0.15) is 5.75 Å². The first-order valence-electron chi connectivity index (χ1n) is 11.8. The smallest absolute Gasteiger partial charge is 0.255 e. The van der Waals surface area contributed by atoms with Gasteiger partial charge in [0.05, 0.1) is 7.11 Å². The number of anilines is 1. The van der Waals surface area contributed by atoms with Crippen molar-refractivity contribution in [3.8, 4) is 5.75 Å². The summed E-state index contributed by atoms with van der Waals surface area (Å²) in [7, 11) is 1.57. The van der Waals surface area contributed by atoms with Gasteiger partial charge in [-0.15, -0.1) is 0 Å². The highest BCUT2D eigenvalue weighted by Gasteiger charge is 2.10. The van der Waals surface area contributed by atoms with E-state index in [0.717, 1.165) is 54.5 Å². The molecule has 0 aliphatic rings. The molecular formula is C29H33NO4. The zero-order valence-corrected chi connectivity index (χ0v) is 20.0. The third-order valence-electron chi connectivity index (χ3n) is 5.91. The van der Waals surface area contributed by atoms with Crippen molar-refractivity contribution in [1.29, 1.82) is 0 Å². The van der Waals surface area contributed by atoms with E-state index in [-0.39, 0.29) is 18.3 Å². The Bertz CT molecular complexity index is 1110. The number of carbonyl (C=O) groups is 2. The van der Waals surface area contributed by atoms with Crippen LogP contribution in [0.3, 0.4) is 0 Å². The summed E-state index contributed by atoms with van der Waals surface area (Å²) in [4.78, 5) is 25.0. The largest absolute Gasteiger partial charge is 0.497 e. The van der Waals surface area contributed by atoms with Gasteiger partial charge in [0, 0.05) is 29.8 Å². The number of carbonyl (C=O) groups excluding carboxylic acids is 2. The first kappa shape index (κ1) is 25.2. The number of amides is 1. The second kappa shape index (κ2) is 12.7. The van der Waals surface area contributed by atoms with Crippen LogP contribution in [0.4, 0.5) is 5.69 Å². The number of hydrogen-bond donors (Lipinski definition) is 2. The van der Waals surface area contributed by atoms with E-state index in [9.17, 15) is 9.59 Å². The molecule has 5 nitrogen and oxygen atoms in total. The summed E-state index contributed by atoms with van der Waals surface area (Å²) in [6, 6.07) is 20.8. The van der Waals surface area contributed by atoms with Crippen LogP contribution < -0.4 is 10.1 Å². The van der Waals surface area contributed by atoms with E-state index in [0.29, 0.717) is 17.7 Å². The van der Waals surface area contributed by atoms with Gasteiger partial charge in [-0.25, -0.2) is 0 Å². The zero-order chi connectivity index (χ0) is 24.3. The van der Waals surface area contributed by atoms with E-state index in [1.165, 1.54) is 5.56 Å². The lowest BCUT2D eigenvalue weighted by atomic mass is 9.96. The molecular weight excluding hydrogens is 426 g/mol. The second-order valence-electron chi connectivity index (χ2n) is 8.51. The monoisotopic (exact) mass is 459 g/mol. The standard InChI is InChI=1S/C29H33NO4/c1-21-18-24(28(32)10-5-3-4-6-17-31)14-13-23(21)19-22-11-15-26(16-12-22)30-29(33)25-8-7-9-27(20-25)34-2/h7-9,11-16,18,20,31H,3-6,10,17,19H2,1-2H3,(H,30,33). The van der Waals surface area contributed by atoms with Crippen molar-refractivity contribution in [3.05, 3.63) is 94.5 Å². The lowest BCUT2D eigenvalue weighted by molar-refractivity contribution is 0.0977. The van der Waals surface area contributed by atoms with E-state index < -0.39 is 0 Å². The molecule has 0 saturated heterocycles. The number of aliphatic hydroxyl groups excluding tert-OH is 1. The third kappa shape index (κ3) is 7.29. The summed E-state index contributed by atoms with van der Waals surface area (Å²) in [5.41, 5.74) is 5.44. The predicted molar refractivity (Wildman–Crippen MR) is 136 cm³/mol. The minimum absolute atomic E-state index is 0.176. The number of methoxy groups -OCH3 is 1. The summed E-state index contributed by atoms with van der Waals surface area (Å²) in [5, 5.41) is 11.8. The summed E-state index contributed by atoms with van der Waals surface area (Å²) in [6.45, 7) is 2.26. The number of rotatable bonds is 12. The summed E-state index contributed by atoms with van der Waals surface area (Å²) >= 11 is 0. The highest BCUT2D eigenvalue weighted by Crippen LogP contribution is 2.20. The highest BCUT2D eigenvalue weighted by atomic mass is 16.5. The molecule has 5 heteroatoms. The Labute approximate surface area is 201 Å². The third-order valence-corrected chi connectivity index (χ3v) is 5.91. The van der Waals surface area contributed by atoms with Crippen LogP contribution in [-0.2, 0) is 6.42 Å². The maximum atomic E-state index is 12.5. The number of aryl methyl sites for hydroxylation is 1. The van der Waals surface area contributed by atoms with Crippen LogP contribution in [0.2, 0.25) is 0 Å². The van der Waals surface area contributed by atoms with Gasteiger partial charge in [0.15, 0.2) is 5.78 Å². The second-order valence-corrected chi connectivity index (χ2v) is 8.51. The Morgan fingerprint density at radius 1 is 0.882 bits per heavy atom. The van der Waals surface area contributed by atoms with Crippen LogP contribution in [0.25, 0.3) is 0 Å². The van der Waals surface area contributed by atoms with Gasteiger partial charge >= 0.3 is 0 Å². The number of nitrogens with one attached hydrogen (secondary N) is 1. The number of unbranched alkanes of at least 4 members (excludes halogenated alkanes) is 3. The van der Waals surface area contributed by atoms with E-state index in [1.54, 1.807) is 31.4 Å². The molecule has 3 rings (SSSR count). The van der Waals surface area contributed by atoms with Gasteiger partial charge < -0.3 is 15.2 Å². The van der Waals surface area contributed by atoms with Crippen molar-refractivity contribution in [2.24, 2.45) is 0 Å². The molecule has 0 aliphatic carbocycles. The summed E-state index contributed by atoms with van der Waals surface area (Å²) < 4.78 is 5.18. The molecule has 0 aliphatic heterocycles. The first-order valence-corrected chi connectivity index (χ1v) is 11.8. The van der Waals surface area contributed by atoms with Crippen molar-refractivity contribution in [2.75, 3.05) is 19.0 Å². The maximum Gasteiger partial charge on any atom is 0.255 e. The van der Waals surface area contributed by atoms with Crippen LogP contribution in [0.1, 0.15) is 69.5 Å².